The number of pyridine rings is 1. The highest BCUT2D eigenvalue weighted by Crippen LogP contribution is 2.28. The number of rotatable bonds is 4. The number of fused-ring (bicyclic) bond motifs is 1. The highest BCUT2D eigenvalue weighted by Gasteiger charge is 2.24. The van der Waals surface area contributed by atoms with Crippen LogP contribution in [-0.2, 0) is 10.1 Å². The predicted molar refractivity (Wildman–Crippen MR) is 70.9 cm³/mol. The largest absolute Gasteiger partial charge is 0.285 e. The SMILES string of the molecule is CCCC(c1ccc2ncccc2c1)S(=O)(=O)O. The van der Waals surface area contributed by atoms with Gasteiger partial charge in [0.05, 0.1) is 5.52 Å². The van der Waals surface area contributed by atoms with Crippen molar-refractivity contribution >= 4 is 21.0 Å². The Bertz CT molecular complexity index is 652. The highest BCUT2D eigenvalue weighted by molar-refractivity contribution is 7.86. The number of aromatic nitrogens is 1. The van der Waals surface area contributed by atoms with Gasteiger partial charge in [0.1, 0.15) is 5.25 Å². The van der Waals surface area contributed by atoms with E-state index in [-0.39, 0.29) is 0 Å². The molecule has 1 aromatic heterocycles. The fourth-order valence-corrected chi connectivity index (χ4v) is 3.07. The second-order valence-corrected chi connectivity index (χ2v) is 5.85. The fraction of sp³-hybridized carbons (Fsp3) is 0.308. The van der Waals surface area contributed by atoms with Gasteiger partial charge in [-0.25, -0.2) is 0 Å². The van der Waals surface area contributed by atoms with Crippen LogP contribution >= 0.6 is 0 Å². The Morgan fingerprint density at radius 3 is 2.78 bits per heavy atom. The zero-order valence-corrected chi connectivity index (χ0v) is 10.9. The maximum Gasteiger partial charge on any atom is 0.271 e. The van der Waals surface area contributed by atoms with Crippen molar-refractivity contribution in [3.05, 3.63) is 42.1 Å². The summed E-state index contributed by atoms with van der Waals surface area (Å²) in [6.45, 7) is 1.89. The second kappa shape index (κ2) is 5.04. The van der Waals surface area contributed by atoms with E-state index >= 15 is 0 Å². The third-order valence-electron chi connectivity index (χ3n) is 2.91. The minimum Gasteiger partial charge on any atom is -0.285 e. The summed E-state index contributed by atoms with van der Waals surface area (Å²) in [5, 5.41) is 0.0202. The number of nitrogens with zero attached hydrogens (tertiary/aromatic N) is 1. The lowest BCUT2D eigenvalue weighted by Crippen LogP contribution is -2.12. The summed E-state index contributed by atoms with van der Waals surface area (Å²) >= 11 is 0. The quantitative estimate of drug-likeness (QED) is 0.863. The van der Waals surface area contributed by atoms with Crippen LogP contribution in [0.5, 0.6) is 0 Å². The van der Waals surface area contributed by atoms with E-state index in [2.05, 4.69) is 4.98 Å². The van der Waals surface area contributed by atoms with E-state index in [0.717, 1.165) is 10.9 Å². The van der Waals surface area contributed by atoms with Gasteiger partial charge in [-0.15, -0.1) is 0 Å². The molecule has 1 unspecified atom stereocenters. The Morgan fingerprint density at radius 1 is 1.33 bits per heavy atom. The van der Waals surface area contributed by atoms with Crippen molar-refractivity contribution in [1.82, 2.24) is 4.98 Å². The van der Waals surface area contributed by atoms with Gasteiger partial charge in [0.2, 0.25) is 0 Å². The molecule has 2 aromatic rings. The third kappa shape index (κ3) is 2.68. The van der Waals surface area contributed by atoms with Gasteiger partial charge in [-0.3, -0.25) is 9.54 Å². The van der Waals surface area contributed by atoms with E-state index in [0.29, 0.717) is 18.4 Å². The van der Waals surface area contributed by atoms with Crippen LogP contribution in [0.1, 0.15) is 30.6 Å². The molecule has 0 spiro atoms. The molecule has 1 aromatic carbocycles. The first kappa shape index (κ1) is 13.0. The lowest BCUT2D eigenvalue weighted by Gasteiger charge is -2.13. The van der Waals surface area contributed by atoms with Gasteiger partial charge in [-0.2, -0.15) is 8.42 Å². The Morgan fingerprint density at radius 2 is 2.11 bits per heavy atom. The van der Waals surface area contributed by atoms with Crippen molar-refractivity contribution in [2.45, 2.75) is 25.0 Å². The molecule has 0 aliphatic carbocycles. The number of hydrogen-bond acceptors (Lipinski definition) is 3. The molecule has 0 fully saturated rings. The van der Waals surface area contributed by atoms with Gasteiger partial charge in [-0.05, 0) is 30.2 Å². The van der Waals surface area contributed by atoms with Crippen LogP contribution in [0, 0.1) is 0 Å². The van der Waals surface area contributed by atoms with Crippen LogP contribution in [0.25, 0.3) is 10.9 Å². The van der Waals surface area contributed by atoms with Crippen LogP contribution in [0.4, 0.5) is 0 Å². The van der Waals surface area contributed by atoms with E-state index in [4.69, 9.17) is 0 Å². The van der Waals surface area contributed by atoms with Crippen molar-refractivity contribution < 1.29 is 13.0 Å². The summed E-state index contributed by atoms with van der Waals surface area (Å²) in [5.41, 5.74) is 1.42. The standard InChI is InChI=1S/C13H15NO3S/c1-2-4-13(18(15,16)17)11-6-7-12-10(9-11)5-3-8-14-12/h3,5-9,13H,2,4H2,1H3,(H,15,16,17). The average Bonchev–Trinajstić information content (AvgIpc) is 2.34. The van der Waals surface area contributed by atoms with Gasteiger partial charge >= 0.3 is 0 Å². The van der Waals surface area contributed by atoms with Gasteiger partial charge < -0.3 is 0 Å². The molecule has 0 saturated heterocycles. The van der Waals surface area contributed by atoms with Crippen molar-refractivity contribution in [2.75, 3.05) is 0 Å². The average molecular weight is 265 g/mol. The van der Waals surface area contributed by atoms with Gasteiger partial charge in [0.25, 0.3) is 10.1 Å². The lowest BCUT2D eigenvalue weighted by atomic mass is 10.1. The first-order valence-corrected chi connectivity index (χ1v) is 7.33. The third-order valence-corrected chi connectivity index (χ3v) is 4.14. The van der Waals surface area contributed by atoms with Crippen molar-refractivity contribution in [1.29, 1.82) is 0 Å². The monoisotopic (exact) mass is 265 g/mol. The Hall–Kier alpha value is -1.46. The Balaban J connectivity index is 2.51. The summed E-state index contributed by atoms with van der Waals surface area (Å²) in [7, 11) is -4.07. The molecule has 4 nitrogen and oxygen atoms in total. The van der Waals surface area contributed by atoms with E-state index in [9.17, 15) is 13.0 Å². The van der Waals surface area contributed by atoms with Gasteiger partial charge in [-0.1, -0.05) is 25.5 Å². The molecule has 0 aliphatic heterocycles. The molecule has 18 heavy (non-hydrogen) atoms. The summed E-state index contributed by atoms with van der Waals surface area (Å²) in [4.78, 5) is 4.18. The molecule has 0 radical (unpaired) electrons. The Kier molecular flexibility index (Phi) is 3.63. The zero-order valence-electron chi connectivity index (χ0n) is 10.1. The minimum atomic E-state index is -4.07. The molecule has 5 heteroatoms. The van der Waals surface area contributed by atoms with Crippen LogP contribution in [0.2, 0.25) is 0 Å². The van der Waals surface area contributed by atoms with Gasteiger partial charge in [0.15, 0.2) is 0 Å². The molecule has 0 bridgehead atoms. The van der Waals surface area contributed by atoms with Crippen molar-refractivity contribution in [3.63, 3.8) is 0 Å². The minimum absolute atomic E-state index is 0.407. The van der Waals surface area contributed by atoms with Gasteiger partial charge in [0, 0.05) is 11.6 Å². The lowest BCUT2D eigenvalue weighted by molar-refractivity contribution is 0.463. The molecule has 0 aliphatic rings. The molecule has 2 rings (SSSR count). The van der Waals surface area contributed by atoms with E-state index < -0.39 is 15.4 Å². The van der Waals surface area contributed by atoms with Crippen molar-refractivity contribution in [2.24, 2.45) is 0 Å². The molecule has 0 saturated carbocycles. The normalized spacial score (nSPS) is 13.7. The highest BCUT2D eigenvalue weighted by atomic mass is 32.2. The molecule has 0 amide bonds. The summed E-state index contributed by atoms with van der Waals surface area (Å²) in [6.07, 6.45) is 2.79. The van der Waals surface area contributed by atoms with Crippen LogP contribution in [0.15, 0.2) is 36.5 Å². The summed E-state index contributed by atoms with van der Waals surface area (Å²) in [5.74, 6) is 0. The van der Waals surface area contributed by atoms with Crippen LogP contribution < -0.4 is 0 Å². The van der Waals surface area contributed by atoms with E-state index in [1.807, 2.05) is 13.0 Å². The first-order chi connectivity index (χ1) is 8.52. The molecule has 1 heterocycles. The van der Waals surface area contributed by atoms with Crippen LogP contribution in [0.3, 0.4) is 0 Å². The maximum absolute atomic E-state index is 11.4. The van der Waals surface area contributed by atoms with Crippen molar-refractivity contribution in [3.8, 4) is 0 Å². The topological polar surface area (TPSA) is 67.3 Å². The zero-order chi connectivity index (χ0) is 13.2. The molecular formula is C13H15NO3S. The summed E-state index contributed by atoms with van der Waals surface area (Å²) < 4.78 is 32.1. The molecule has 1 N–H and O–H groups in total. The Labute approximate surface area is 106 Å². The van der Waals surface area contributed by atoms with E-state index in [1.165, 1.54) is 0 Å². The number of benzene rings is 1. The molecule has 1 atom stereocenters. The molecule has 96 valence electrons. The summed E-state index contributed by atoms with van der Waals surface area (Å²) in [6, 6.07) is 8.94. The number of hydrogen-bond donors (Lipinski definition) is 1. The smallest absolute Gasteiger partial charge is 0.271 e. The fourth-order valence-electron chi connectivity index (χ4n) is 2.04. The second-order valence-electron chi connectivity index (χ2n) is 4.25. The van der Waals surface area contributed by atoms with Crippen LogP contribution in [-0.4, -0.2) is 18.0 Å². The maximum atomic E-state index is 11.4. The first-order valence-electron chi connectivity index (χ1n) is 5.83. The van der Waals surface area contributed by atoms with E-state index in [1.54, 1.807) is 30.5 Å². The predicted octanol–water partition coefficient (Wildman–Crippen LogP) is 2.96. The molecular weight excluding hydrogens is 250 g/mol.